The van der Waals surface area contributed by atoms with Crippen LogP contribution in [0.15, 0.2) is 176 Å². The van der Waals surface area contributed by atoms with Crippen molar-refractivity contribution in [3.63, 3.8) is 0 Å². The molecule has 1 heterocycles. The van der Waals surface area contributed by atoms with Gasteiger partial charge in [0.25, 0.3) is 0 Å². The summed E-state index contributed by atoms with van der Waals surface area (Å²) < 4.78 is 99.7. The summed E-state index contributed by atoms with van der Waals surface area (Å²) in [6.07, 6.45) is -7.07. The van der Waals surface area contributed by atoms with E-state index in [1.807, 2.05) is 176 Å². The maximum absolute atomic E-state index is 15.7. The van der Waals surface area contributed by atoms with Gasteiger partial charge in [0.2, 0.25) is 0 Å². The summed E-state index contributed by atoms with van der Waals surface area (Å²) in [5, 5.41) is 0. The molecular formula is C57H65O14P. The largest absolute Gasteiger partial charge is 0.497 e. The lowest BCUT2D eigenvalue weighted by molar-refractivity contribution is -0.296. The van der Waals surface area contributed by atoms with Crippen molar-refractivity contribution < 1.29 is 65.5 Å². The van der Waals surface area contributed by atoms with Crippen LogP contribution in [0.3, 0.4) is 0 Å². The van der Waals surface area contributed by atoms with Gasteiger partial charge in [-0.3, -0.25) is 13.6 Å². The van der Waals surface area contributed by atoms with E-state index < -0.39 is 56.3 Å². The van der Waals surface area contributed by atoms with Crippen molar-refractivity contribution in [2.75, 3.05) is 33.9 Å². The Balaban J connectivity index is 1.21. The molecule has 0 spiro atoms. The van der Waals surface area contributed by atoms with Crippen molar-refractivity contribution in [3.8, 4) is 5.75 Å². The van der Waals surface area contributed by atoms with Crippen molar-refractivity contribution in [1.29, 1.82) is 0 Å². The normalized spacial score (nSPS) is 22.6. The molecule has 8 atom stereocenters. The van der Waals surface area contributed by atoms with Gasteiger partial charge < -0.3 is 47.4 Å². The van der Waals surface area contributed by atoms with Crippen LogP contribution in [0.1, 0.15) is 47.2 Å². The van der Waals surface area contributed by atoms with E-state index in [9.17, 15) is 0 Å². The van der Waals surface area contributed by atoms with Gasteiger partial charge in [0, 0.05) is 0 Å². The van der Waals surface area contributed by atoms with Gasteiger partial charge in [0.05, 0.1) is 60.0 Å². The highest BCUT2D eigenvalue weighted by molar-refractivity contribution is 7.48. The summed E-state index contributed by atoms with van der Waals surface area (Å²) in [7, 11) is -3.02. The summed E-state index contributed by atoms with van der Waals surface area (Å²) in [4.78, 5) is 0. The maximum Gasteiger partial charge on any atom is 0.475 e. The van der Waals surface area contributed by atoms with Crippen molar-refractivity contribution in [3.05, 3.63) is 209 Å². The SMILES string of the molecule is COc1ccc(CO[C@@H]2[C@@H](OCc3ccccc3)[C@H](OCc3ccccc3)[C@@H](OCOCc3ccccc3)[C@H](OP(=O)(OCc3ccccc3)OC[C@@H]3COC(C)(C)O3)[C@@H]2OCOCc2ccccc2)cc1. The summed E-state index contributed by atoms with van der Waals surface area (Å²) in [5.41, 5.74) is 5.25. The van der Waals surface area contributed by atoms with E-state index in [1.165, 1.54) is 0 Å². The molecule has 1 saturated heterocycles. The quantitative estimate of drug-likeness (QED) is 0.0262. The molecule has 0 radical (unpaired) electrons. The minimum absolute atomic E-state index is 0.0991. The van der Waals surface area contributed by atoms with E-state index in [0.717, 1.165) is 33.4 Å². The lowest BCUT2D eigenvalue weighted by Crippen LogP contribution is -2.67. The van der Waals surface area contributed by atoms with Crippen molar-refractivity contribution in [2.45, 2.75) is 102 Å². The fourth-order valence-electron chi connectivity index (χ4n) is 8.35. The number of hydrogen-bond acceptors (Lipinski definition) is 14. The van der Waals surface area contributed by atoms with Crippen LogP contribution in [0, 0.1) is 0 Å². The summed E-state index contributed by atoms with van der Waals surface area (Å²) in [6.45, 7) is 3.91. The molecule has 1 unspecified atom stereocenters. The number of rotatable bonds is 28. The first-order chi connectivity index (χ1) is 35.2. The zero-order valence-corrected chi connectivity index (χ0v) is 41.9. The van der Waals surface area contributed by atoms with Crippen molar-refractivity contribution in [2.24, 2.45) is 0 Å². The predicted molar refractivity (Wildman–Crippen MR) is 268 cm³/mol. The number of benzene rings is 6. The molecule has 1 aliphatic carbocycles. The Morgan fingerprint density at radius 2 is 0.833 bits per heavy atom. The Labute approximate surface area is 422 Å². The summed E-state index contributed by atoms with van der Waals surface area (Å²) in [5.74, 6) is -0.184. The molecule has 2 aliphatic rings. The van der Waals surface area contributed by atoms with E-state index in [4.69, 9.17) is 60.9 Å². The molecular weight excluding hydrogens is 940 g/mol. The van der Waals surface area contributed by atoms with Crippen LogP contribution in [0.4, 0.5) is 0 Å². The number of phosphoric ester groups is 1. The first kappa shape index (κ1) is 53.2. The number of methoxy groups -OCH3 is 1. The number of hydrogen-bond donors (Lipinski definition) is 0. The third-order valence-corrected chi connectivity index (χ3v) is 13.4. The Morgan fingerprint density at radius 1 is 0.458 bits per heavy atom. The standard InChI is InChI=1S/C57H65O14P/c1-57(2)67-39-50(70-57)40-69-72(58,68-38-47-27-17-8-18-28-47)71-56-54(65-41-60-33-43-19-9-4-10-20-43)52(63-36-46-25-15-7-16-26-46)51(62-35-45-23-13-6-14-24-45)53(64-37-48-29-31-49(59-3)32-30-48)55(56)66-42-61-34-44-21-11-5-12-22-44/h4-32,50-56H,33-42H2,1-3H3/t50-,51-,52-,53+,54+,55+,56-,72?/m0/s1. The van der Waals surface area contributed by atoms with Gasteiger partial charge in [-0.05, 0) is 59.4 Å². The highest BCUT2D eigenvalue weighted by Crippen LogP contribution is 2.54. The molecule has 8 rings (SSSR count). The van der Waals surface area contributed by atoms with Gasteiger partial charge in [-0.15, -0.1) is 0 Å². The Bertz CT molecular complexity index is 2490. The average Bonchev–Trinajstić information content (AvgIpc) is 3.78. The Hall–Kier alpha value is -5.13. The molecule has 0 bridgehead atoms. The van der Waals surface area contributed by atoms with Crippen LogP contribution in [0.2, 0.25) is 0 Å². The molecule has 72 heavy (non-hydrogen) atoms. The van der Waals surface area contributed by atoms with Crippen LogP contribution < -0.4 is 4.74 Å². The molecule has 1 saturated carbocycles. The van der Waals surface area contributed by atoms with Gasteiger partial charge in [-0.2, -0.15) is 0 Å². The van der Waals surface area contributed by atoms with E-state index in [2.05, 4.69) is 0 Å². The molecule has 6 aromatic rings. The Morgan fingerprint density at radius 3 is 1.22 bits per heavy atom. The second kappa shape index (κ2) is 27.2. The number of phosphoric acid groups is 1. The minimum atomic E-state index is -4.64. The molecule has 2 fully saturated rings. The lowest BCUT2D eigenvalue weighted by atomic mass is 9.84. The molecule has 0 N–H and O–H groups in total. The smallest absolute Gasteiger partial charge is 0.475 e. The maximum atomic E-state index is 15.7. The number of ether oxygens (including phenoxy) is 10. The molecule has 15 heteroatoms. The van der Waals surface area contributed by atoms with Crippen LogP contribution in [0.5, 0.6) is 5.75 Å². The van der Waals surface area contributed by atoms with Crippen LogP contribution in [-0.4, -0.2) is 82.4 Å². The summed E-state index contributed by atoms with van der Waals surface area (Å²) >= 11 is 0. The predicted octanol–water partition coefficient (Wildman–Crippen LogP) is 10.8. The molecule has 14 nitrogen and oxygen atoms in total. The molecule has 6 aromatic carbocycles. The molecule has 1 aliphatic heterocycles. The van der Waals surface area contributed by atoms with E-state index in [0.29, 0.717) is 5.75 Å². The molecule has 382 valence electrons. The van der Waals surface area contributed by atoms with Gasteiger partial charge in [-0.25, -0.2) is 4.57 Å². The highest BCUT2D eigenvalue weighted by Gasteiger charge is 2.57. The fraction of sp³-hybridized carbons (Fsp3) is 0.368. The van der Waals surface area contributed by atoms with Gasteiger partial charge in [-0.1, -0.05) is 164 Å². The van der Waals surface area contributed by atoms with E-state index in [1.54, 1.807) is 21.0 Å². The minimum Gasteiger partial charge on any atom is -0.497 e. The first-order valence-corrected chi connectivity index (χ1v) is 25.6. The van der Waals surface area contributed by atoms with Crippen LogP contribution in [-0.2, 0) is 100 Å². The first-order valence-electron chi connectivity index (χ1n) is 24.2. The zero-order valence-electron chi connectivity index (χ0n) is 41.0. The highest BCUT2D eigenvalue weighted by atomic mass is 31.2. The van der Waals surface area contributed by atoms with Gasteiger partial charge in [0.1, 0.15) is 62.1 Å². The van der Waals surface area contributed by atoms with Crippen LogP contribution in [0.25, 0.3) is 0 Å². The molecule has 0 amide bonds. The topological polar surface area (TPSA) is 137 Å². The zero-order chi connectivity index (χ0) is 49.9. The summed E-state index contributed by atoms with van der Waals surface area (Å²) in [6, 6.07) is 56.0. The third kappa shape index (κ3) is 16.2. The van der Waals surface area contributed by atoms with E-state index >= 15 is 4.57 Å². The second-order valence-corrected chi connectivity index (χ2v) is 19.5. The Kier molecular flexibility index (Phi) is 20.1. The third-order valence-electron chi connectivity index (χ3n) is 12.0. The van der Waals surface area contributed by atoms with Crippen molar-refractivity contribution >= 4 is 7.82 Å². The fourth-order valence-corrected chi connectivity index (χ4v) is 9.74. The van der Waals surface area contributed by atoms with Crippen molar-refractivity contribution in [1.82, 2.24) is 0 Å². The van der Waals surface area contributed by atoms with Gasteiger partial charge >= 0.3 is 7.82 Å². The van der Waals surface area contributed by atoms with Gasteiger partial charge in [0.15, 0.2) is 5.79 Å². The lowest BCUT2D eigenvalue weighted by Gasteiger charge is -2.49. The monoisotopic (exact) mass is 1000 g/mol. The van der Waals surface area contributed by atoms with E-state index in [-0.39, 0.29) is 66.4 Å². The average molecular weight is 1010 g/mol. The second-order valence-electron chi connectivity index (χ2n) is 17.8. The van der Waals surface area contributed by atoms with Crippen LogP contribution >= 0.6 is 7.82 Å². The molecule has 0 aromatic heterocycles.